The van der Waals surface area contributed by atoms with Gasteiger partial charge in [-0.1, -0.05) is 6.92 Å². The van der Waals surface area contributed by atoms with E-state index in [0.717, 1.165) is 19.3 Å². The molecule has 23 heavy (non-hydrogen) atoms. The van der Waals surface area contributed by atoms with Gasteiger partial charge in [-0.2, -0.15) is 0 Å². The second-order valence-corrected chi connectivity index (χ2v) is 6.34. The number of ether oxygens (including phenoxy) is 1. The Bertz CT molecular complexity index is 443. The summed E-state index contributed by atoms with van der Waals surface area (Å²) in [5, 5.41) is 23.0. The second kappa shape index (κ2) is 9.62. The number of allylic oxidation sites excluding steroid dienone is 2. The molecule has 0 radical (unpaired) electrons. The highest BCUT2D eigenvalue weighted by Crippen LogP contribution is 2.21. The monoisotopic (exact) mass is 326 g/mol. The van der Waals surface area contributed by atoms with Crippen LogP contribution in [0.1, 0.15) is 52.9 Å². The number of rotatable bonds is 9. The van der Waals surface area contributed by atoms with E-state index in [0.29, 0.717) is 31.8 Å². The average Bonchev–Trinajstić information content (AvgIpc) is 2.48. The Labute approximate surface area is 138 Å². The molecule has 1 saturated heterocycles. The van der Waals surface area contributed by atoms with Crippen LogP contribution in [0, 0.1) is 21.4 Å². The van der Waals surface area contributed by atoms with E-state index < -0.39 is 4.92 Å². The summed E-state index contributed by atoms with van der Waals surface area (Å²) in [4.78, 5) is 11.1. The van der Waals surface area contributed by atoms with Crippen molar-refractivity contribution in [3.05, 3.63) is 21.5 Å². The molecule has 0 aliphatic carbocycles. The zero-order valence-corrected chi connectivity index (χ0v) is 14.4. The lowest BCUT2D eigenvalue weighted by Crippen LogP contribution is -2.36. The normalized spacial score (nSPS) is 19.7. The van der Waals surface area contributed by atoms with Crippen molar-refractivity contribution in [1.29, 1.82) is 5.41 Å². The fourth-order valence-electron chi connectivity index (χ4n) is 2.86. The van der Waals surface area contributed by atoms with Crippen LogP contribution in [-0.2, 0) is 4.74 Å². The molecule has 0 amide bonds. The Morgan fingerprint density at radius 3 is 2.52 bits per heavy atom. The fourth-order valence-corrected chi connectivity index (χ4v) is 2.86. The first-order valence-electron chi connectivity index (χ1n) is 8.40. The van der Waals surface area contributed by atoms with Gasteiger partial charge in [0.1, 0.15) is 5.71 Å². The van der Waals surface area contributed by atoms with Gasteiger partial charge in [0.05, 0.1) is 10.6 Å². The molecule has 1 heterocycles. The molecule has 132 valence electrons. The van der Waals surface area contributed by atoms with E-state index in [4.69, 9.17) is 15.9 Å². The predicted molar refractivity (Wildman–Crippen MR) is 91.1 cm³/mol. The van der Waals surface area contributed by atoms with Crippen molar-refractivity contribution >= 4 is 5.71 Å². The molecule has 1 rings (SSSR count). The maximum absolute atomic E-state index is 11.5. The van der Waals surface area contributed by atoms with Crippen LogP contribution >= 0.6 is 0 Å². The van der Waals surface area contributed by atoms with Crippen molar-refractivity contribution in [2.24, 2.45) is 11.7 Å². The predicted octanol–water partition coefficient (Wildman–Crippen LogP) is 2.44. The molecule has 0 aromatic carbocycles. The highest BCUT2D eigenvalue weighted by atomic mass is 16.6. The van der Waals surface area contributed by atoms with Gasteiger partial charge in [-0.25, -0.2) is 0 Å². The maximum atomic E-state index is 11.5. The molecule has 0 aromatic rings. The van der Waals surface area contributed by atoms with E-state index in [1.165, 1.54) is 0 Å². The SMILES string of the molecule is CCC(CCC(C)N)C(=N)/C(=C(/C)NC1CCOCC1)[N+](=O)[O-]. The van der Waals surface area contributed by atoms with Gasteiger partial charge >= 0.3 is 5.70 Å². The Morgan fingerprint density at radius 1 is 1.43 bits per heavy atom. The molecule has 0 bridgehead atoms. The Kier molecular flexibility index (Phi) is 8.19. The lowest BCUT2D eigenvalue weighted by atomic mass is 9.91. The van der Waals surface area contributed by atoms with E-state index in [1.54, 1.807) is 6.92 Å². The number of hydrogen-bond donors (Lipinski definition) is 3. The molecule has 0 spiro atoms. The third-order valence-electron chi connectivity index (χ3n) is 4.31. The minimum absolute atomic E-state index is 0.0429. The van der Waals surface area contributed by atoms with Gasteiger partial charge in [0.2, 0.25) is 0 Å². The summed E-state index contributed by atoms with van der Waals surface area (Å²) in [5.41, 5.74) is 6.27. The maximum Gasteiger partial charge on any atom is 0.308 e. The lowest BCUT2D eigenvalue weighted by molar-refractivity contribution is -0.417. The van der Waals surface area contributed by atoms with Crippen LogP contribution in [-0.4, -0.2) is 35.9 Å². The fraction of sp³-hybridized carbons (Fsp3) is 0.812. The summed E-state index contributed by atoms with van der Waals surface area (Å²) < 4.78 is 5.30. The van der Waals surface area contributed by atoms with Gasteiger partial charge in [0.15, 0.2) is 0 Å². The van der Waals surface area contributed by atoms with Crippen molar-refractivity contribution < 1.29 is 9.66 Å². The van der Waals surface area contributed by atoms with Crippen LogP contribution in [0.2, 0.25) is 0 Å². The van der Waals surface area contributed by atoms with Crippen molar-refractivity contribution in [2.75, 3.05) is 13.2 Å². The molecule has 2 atom stereocenters. The zero-order chi connectivity index (χ0) is 17.4. The Morgan fingerprint density at radius 2 is 2.04 bits per heavy atom. The zero-order valence-electron chi connectivity index (χ0n) is 14.4. The van der Waals surface area contributed by atoms with E-state index in [-0.39, 0.29) is 29.4 Å². The van der Waals surface area contributed by atoms with Gasteiger partial charge in [-0.15, -0.1) is 0 Å². The van der Waals surface area contributed by atoms with Crippen molar-refractivity contribution in [3.8, 4) is 0 Å². The molecular formula is C16H30N4O3. The molecule has 2 unspecified atom stereocenters. The van der Waals surface area contributed by atoms with Gasteiger partial charge in [-0.05, 0) is 46.0 Å². The van der Waals surface area contributed by atoms with Crippen LogP contribution in [0.25, 0.3) is 0 Å². The van der Waals surface area contributed by atoms with E-state index in [1.807, 2.05) is 13.8 Å². The van der Waals surface area contributed by atoms with E-state index in [2.05, 4.69) is 5.32 Å². The standard InChI is InChI=1S/C16H30N4O3/c1-4-13(6-5-11(2)17)15(18)16(20(21)22)12(3)19-14-7-9-23-10-8-14/h11,13-14,18-19H,4-10,17H2,1-3H3/b16-12+,18-15?. The summed E-state index contributed by atoms with van der Waals surface area (Å²) in [5.74, 6) is -0.132. The van der Waals surface area contributed by atoms with Crippen LogP contribution < -0.4 is 11.1 Å². The van der Waals surface area contributed by atoms with Gasteiger partial charge in [-0.3, -0.25) is 15.5 Å². The summed E-state index contributed by atoms with van der Waals surface area (Å²) in [6.45, 7) is 6.91. The van der Waals surface area contributed by atoms with Crippen molar-refractivity contribution in [2.45, 2.75) is 65.0 Å². The molecule has 4 N–H and O–H groups in total. The summed E-state index contributed by atoms with van der Waals surface area (Å²) >= 11 is 0. The number of nitrogens with zero attached hydrogens (tertiary/aromatic N) is 1. The van der Waals surface area contributed by atoms with Crippen LogP contribution in [0.5, 0.6) is 0 Å². The first kappa shape index (κ1) is 19.6. The topological polar surface area (TPSA) is 114 Å². The van der Waals surface area contributed by atoms with E-state index >= 15 is 0 Å². The molecule has 7 nitrogen and oxygen atoms in total. The first-order valence-corrected chi connectivity index (χ1v) is 8.40. The average molecular weight is 326 g/mol. The Balaban J connectivity index is 2.86. The third kappa shape index (κ3) is 6.27. The van der Waals surface area contributed by atoms with Gasteiger partial charge in [0, 0.05) is 31.2 Å². The molecule has 1 fully saturated rings. The summed E-state index contributed by atoms with van der Waals surface area (Å²) in [6.07, 6.45) is 3.83. The van der Waals surface area contributed by atoms with Crippen molar-refractivity contribution in [1.82, 2.24) is 5.32 Å². The molecular weight excluding hydrogens is 296 g/mol. The van der Waals surface area contributed by atoms with Crippen molar-refractivity contribution in [3.63, 3.8) is 0 Å². The number of nitrogens with one attached hydrogen (secondary N) is 2. The van der Waals surface area contributed by atoms with Crippen LogP contribution in [0.3, 0.4) is 0 Å². The number of hydrogen-bond acceptors (Lipinski definition) is 6. The highest BCUT2D eigenvalue weighted by Gasteiger charge is 2.29. The van der Waals surface area contributed by atoms with Crippen LogP contribution in [0.15, 0.2) is 11.4 Å². The first-order chi connectivity index (χ1) is 10.9. The minimum Gasteiger partial charge on any atom is -0.381 e. The van der Waals surface area contributed by atoms with Gasteiger partial charge < -0.3 is 15.8 Å². The lowest BCUT2D eigenvalue weighted by Gasteiger charge is -2.25. The number of nitrogens with two attached hydrogens (primary N) is 1. The molecule has 1 aliphatic rings. The largest absolute Gasteiger partial charge is 0.381 e. The smallest absolute Gasteiger partial charge is 0.308 e. The second-order valence-electron chi connectivity index (χ2n) is 6.34. The minimum atomic E-state index is -0.432. The molecule has 7 heteroatoms. The molecule has 0 aromatic heterocycles. The quantitative estimate of drug-likeness (QED) is 0.342. The molecule has 1 aliphatic heterocycles. The van der Waals surface area contributed by atoms with E-state index in [9.17, 15) is 10.1 Å². The van der Waals surface area contributed by atoms with Gasteiger partial charge in [0.25, 0.3) is 0 Å². The summed E-state index contributed by atoms with van der Waals surface area (Å²) in [6, 6.07) is 0.219. The summed E-state index contributed by atoms with van der Waals surface area (Å²) in [7, 11) is 0. The molecule has 0 saturated carbocycles. The number of nitro groups is 1. The highest BCUT2D eigenvalue weighted by molar-refractivity contribution is 5.97. The third-order valence-corrected chi connectivity index (χ3v) is 4.31. The van der Waals surface area contributed by atoms with Crippen LogP contribution in [0.4, 0.5) is 0 Å². The Hall–Kier alpha value is -1.47.